The first kappa shape index (κ1) is 17.7. The molecule has 128 valence electrons. The molecular formula is C16H20N4O3S. The van der Waals surface area contributed by atoms with Crippen molar-refractivity contribution in [3.63, 3.8) is 0 Å². The first-order valence-corrected chi connectivity index (χ1v) is 8.28. The van der Waals surface area contributed by atoms with Crippen LogP contribution < -0.4 is 10.6 Å². The number of aromatic hydroxyl groups is 1. The van der Waals surface area contributed by atoms with Gasteiger partial charge in [0.25, 0.3) is 0 Å². The van der Waals surface area contributed by atoms with Crippen LogP contribution in [0.5, 0.6) is 5.88 Å². The lowest BCUT2D eigenvalue weighted by molar-refractivity contribution is 0.0526. The first-order chi connectivity index (χ1) is 11.4. The number of benzene rings is 1. The van der Waals surface area contributed by atoms with Crippen LogP contribution in [0.3, 0.4) is 0 Å². The number of nitrogens with zero attached hydrogens (tertiary/aromatic N) is 1. The van der Waals surface area contributed by atoms with E-state index >= 15 is 0 Å². The lowest BCUT2D eigenvalue weighted by Gasteiger charge is -2.12. The monoisotopic (exact) mass is 348 g/mol. The van der Waals surface area contributed by atoms with Crippen LogP contribution in [-0.4, -0.2) is 33.9 Å². The number of carbonyl (C=O) groups is 1. The molecule has 8 heteroatoms. The van der Waals surface area contributed by atoms with E-state index in [1.54, 1.807) is 31.2 Å². The third-order valence-electron chi connectivity index (χ3n) is 2.99. The number of anilines is 2. The summed E-state index contributed by atoms with van der Waals surface area (Å²) in [6.45, 7) is 5.86. The zero-order valence-corrected chi connectivity index (χ0v) is 14.5. The van der Waals surface area contributed by atoms with E-state index in [0.717, 1.165) is 11.5 Å². The standard InChI is InChI=1S/C16H20N4O3S/c1-4-23-16(22)10-6-5-7-11(8-10)19-15-12(14(21)20-24-15)13(17)18-9(2)3/h5-9,19H,4H2,1-3H3,(H2,17,18)(H,20,21). The maximum atomic E-state index is 11.8. The quantitative estimate of drug-likeness (QED) is 0.363. The number of esters is 1. The van der Waals surface area contributed by atoms with Crippen molar-refractivity contribution in [2.75, 3.05) is 11.9 Å². The summed E-state index contributed by atoms with van der Waals surface area (Å²) in [4.78, 5) is 11.8. The van der Waals surface area contributed by atoms with Gasteiger partial charge in [-0.2, -0.15) is 4.37 Å². The van der Waals surface area contributed by atoms with Crippen LogP contribution in [-0.2, 0) is 4.74 Å². The molecule has 0 bridgehead atoms. The van der Waals surface area contributed by atoms with Gasteiger partial charge in [-0.25, -0.2) is 4.79 Å². The van der Waals surface area contributed by atoms with E-state index in [9.17, 15) is 9.90 Å². The Bertz CT molecular complexity index is 743. The van der Waals surface area contributed by atoms with Crippen molar-refractivity contribution in [2.45, 2.75) is 26.8 Å². The van der Waals surface area contributed by atoms with Gasteiger partial charge in [-0.3, -0.25) is 5.41 Å². The average Bonchev–Trinajstić information content (AvgIpc) is 2.88. The molecule has 2 aromatic rings. The Morgan fingerprint density at radius 3 is 2.88 bits per heavy atom. The van der Waals surface area contributed by atoms with E-state index in [0.29, 0.717) is 28.4 Å². The normalized spacial score (nSPS) is 10.5. The highest BCUT2D eigenvalue weighted by Gasteiger charge is 2.19. The molecule has 0 radical (unpaired) electrons. The second-order valence-corrected chi connectivity index (χ2v) is 6.08. The summed E-state index contributed by atoms with van der Waals surface area (Å²) in [7, 11) is 0. The molecule has 1 aromatic carbocycles. The summed E-state index contributed by atoms with van der Waals surface area (Å²) in [5, 5.41) is 24.5. The van der Waals surface area contributed by atoms with Crippen molar-refractivity contribution in [3.05, 3.63) is 35.4 Å². The lowest BCUT2D eigenvalue weighted by atomic mass is 10.2. The second kappa shape index (κ2) is 7.78. The number of hydrogen-bond donors (Lipinski definition) is 4. The van der Waals surface area contributed by atoms with E-state index in [1.165, 1.54) is 0 Å². The number of ether oxygens (including phenoxy) is 1. The first-order valence-electron chi connectivity index (χ1n) is 7.50. The molecule has 0 unspecified atom stereocenters. The minimum Gasteiger partial charge on any atom is -0.492 e. The third-order valence-corrected chi connectivity index (χ3v) is 3.74. The van der Waals surface area contributed by atoms with E-state index in [2.05, 4.69) is 15.0 Å². The minimum atomic E-state index is -0.400. The molecule has 0 atom stereocenters. The smallest absolute Gasteiger partial charge is 0.338 e. The molecule has 0 spiro atoms. The largest absolute Gasteiger partial charge is 0.492 e. The molecule has 0 fully saturated rings. The summed E-state index contributed by atoms with van der Waals surface area (Å²) in [6, 6.07) is 6.88. The SMILES string of the molecule is CCOC(=O)c1cccc(Nc2snc(O)c2C(=N)NC(C)C)c1. The fourth-order valence-corrected chi connectivity index (χ4v) is 2.74. The van der Waals surface area contributed by atoms with Crippen LogP contribution in [0.15, 0.2) is 24.3 Å². The number of carbonyl (C=O) groups excluding carboxylic acids is 1. The maximum Gasteiger partial charge on any atom is 0.338 e. The molecule has 0 aliphatic rings. The van der Waals surface area contributed by atoms with Crippen LogP contribution in [0.1, 0.15) is 36.7 Å². The molecule has 0 amide bonds. The summed E-state index contributed by atoms with van der Waals surface area (Å²) < 4.78 is 8.87. The number of nitrogens with one attached hydrogen (secondary N) is 3. The van der Waals surface area contributed by atoms with E-state index in [1.807, 2.05) is 13.8 Å². The van der Waals surface area contributed by atoms with Crippen molar-refractivity contribution >= 4 is 34.0 Å². The molecule has 1 aromatic heterocycles. The minimum absolute atomic E-state index is 0.0526. The molecule has 0 saturated heterocycles. The van der Waals surface area contributed by atoms with E-state index < -0.39 is 5.97 Å². The van der Waals surface area contributed by atoms with Crippen LogP contribution >= 0.6 is 11.5 Å². The molecule has 24 heavy (non-hydrogen) atoms. The molecule has 0 aliphatic heterocycles. The predicted molar refractivity (Wildman–Crippen MR) is 94.6 cm³/mol. The fraction of sp³-hybridized carbons (Fsp3) is 0.312. The Morgan fingerprint density at radius 1 is 1.46 bits per heavy atom. The van der Waals surface area contributed by atoms with Gasteiger partial charge in [-0.05, 0) is 50.5 Å². The topological polar surface area (TPSA) is 107 Å². The second-order valence-electron chi connectivity index (χ2n) is 5.31. The number of rotatable bonds is 6. The van der Waals surface area contributed by atoms with Crippen LogP contribution in [0.4, 0.5) is 10.7 Å². The highest BCUT2D eigenvalue weighted by atomic mass is 32.1. The molecule has 0 aliphatic carbocycles. The predicted octanol–water partition coefficient (Wildman–Crippen LogP) is 3.09. The van der Waals surface area contributed by atoms with E-state index in [4.69, 9.17) is 10.1 Å². The Morgan fingerprint density at radius 2 is 2.21 bits per heavy atom. The van der Waals surface area contributed by atoms with Gasteiger partial charge < -0.3 is 20.5 Å². The molecule has 0 saturated carbocycles. The zero-order valence-electron chi connectivity index (χ0n) is 13.7. The summed E-state index contributed by atoms with van der Waals surface area (Å²) in [5.41, 5.74) is 1.37. The third kappa shape index (κ3) is 4.23. The Kier molecular flexibility index (Phi) is 5.75. The lowest BCUT2D eigenvalue weighted by Crippen LogP contribution is -2.30. The maximum absolute atomic E-state index is 11.8. The van der Waals surface area contributed by atoms with Crippen LogP contribution in [0.2, 0.25) is 0 Å². The van der Waals surface area contributed by atoms with Gasteiger partial charge in [-0.1, -0.05) is 6.07 Å². The number of hydrogen-bond acceptors (Lipinski definition) is 7. The fourth-order valence-electron chi connectivity index (χ4n) is 2.02. The van der Waals surface area contributed by atoms with Crippen molar-refractivity contribution in [2.24, 2.45) is 0 Å². The van der Waals surface area contributed by atoms with E-state index in [-0.39, 0.29) is 17.8 Å². The molecule has 1 heterocycles. The van der Waals surface area contributed by atoms with Crippen molar-refractivity contribution in [1.82, 2.24) is 9.69 Å². The van der Waals surface area contributed by atoms with Crippen molar-refractivity contribution in [3.8, 4) is 5.88 Å². The molecule has 7 nitrogen and oxygen atoms in total. The van der Waals surface area contributed by atoms with Gasteiger partial charge in [0.1, 0.15) is 16.4 Å². The van der Waals surface area contributed by atoms with Gasteiger partial charge >= 0.3 is 5.97 Å². The summed E-state index contributed by atoms with van der Waals surface area (Å²) in [6.07, 6.45) is 0. The zero-order chi connectivity index (χ0) is 17.7. The summed E-state index contributed by atoms with van der Waals surface area (Å²) >= 11 is 1.04. The Balaban J connectivity index is 2.25. The van der Waals surface area contributed by atoms with Crippen molar-refractivity contribution < 1.29 is 14.6 Å². The highest BCUT2D eigenvalue weighted by Crippen LogP contribution is 2.32. The van der Waals surface area contributed by atoms with Gasteiger partial charge in [0.2, 0.25) is 5.88 Å². The molecular weight excluding hydrogens is 328 g/mol. The number of aromatic nitrogens is 1. The molecule has 4 N–H and O–H groups in total. The van der Waals surface area contributed by atoms with Gasteiger partial charge in [0.05, 0.1) is 12.2 Å². The van der Waals surface area contributed by atoms with Gasteiger partial charge in [0, 0.05) is 11.7 Å². The molecule has 2 rings (SSSR count). The average molecular weight is 348 g/mol. The summed E-state index contributed by atoms with van der Waals surface area (Å²) in [5.74, 6) is -0.523. The van der Waals surface area contributed by atoms with Gasteiger partial charge in [-0.15, -0.1) is 0 Å². The Labute approximate surface area is 144 Å². The van der Waals surface area contributed by atoms with Crippen molar-refractivity contribution in [1.29, 1.82) is 5.41 Å². The van der Waals surface area contributed by atoms with Gasteiger partial charge in [0.15, 0.2) is 0 Å². The van der Waals surface area contributed by atoms with Crippen LogP contribution in [0.25, 0.3) is 0 Å². The highest BCUT2D eigenvalue weighted by molar-refractivity contribution is 7.11. The Hall–Kier alpha value is -2.61. The van der Waals surface area contributed by atoms with Crippen LogP contribution in [0, 0.1) is 5.41 Å². The number of amidine groups is 1.